The summed E-state index contributed by atoms with van der Waals surface area (Å²) >= 11 is 10.6. The highest BCUT2D eigenvalue weighted by atomic mass is 79.9. The molecule has 1 heterocycles. The van der Waals surface area contributed by atoms with Gasteiger partial charge in [-0.2, -0.15) is 0 Å². The van der Waals surface area contributed by atoms with Crippen LogP contribution in [0.15, 0.2) is 22.7 Å². The highest BCUT2D eigenvalue weighted by Gasteiger charge is 2.18. The van der Waals surface area contributed by atoms with Crippen molar-refractivity contribution in [2.24, 2.45) is 0 Å². The van der Waals surface area contributed by atoms with Gasteiger partial charge < -0.3 is 0 Å². The summed E-state index contributed by atoms with van der Waals surface area (Å²) in [6, 6.07) is 5.85. The van der Waals surface area contributed by atoms with Gasteiger partial charge in [0.2, 0.25) is 5.78 Å². The fourth-order valence-electron chi connectivity index (χ4n) is 2.12. The Morgan fingerprint density at radius 2 is 1.72 bits per heavy atom. The number of hydrogen-bond donors (Lipinski definition) is 0. The van der Waals surface area contributed by atoms with E-state index in [4.69, 9.17) is 11.6 Å². The topological polar surface area (TPSA) is 17.1 Å². The lowest BCUT2D eigenvalue weighted by Gasteiger charge is -2.09. The first-order valence-corrected chi connectivity index (χ1v) is 7.46. The van der Waals surface area contributed by atoms with Gasteiger partial charge in [-0.3, -0.25) is 4.79 Å². The number of thiophene rings is 1. The van der Waals surface area contributed by atoms with Crippen LogP contribution >= 0.6 is 38.9 Å². The predicted octanol–water partition coefficient (Wildman–Crippen LogP) is 5.32. The molecule has 0 saturated carbocycles. The second-order valence-electron chi connectivity index (χ2n) is 4.34. The molecule has 0 radical (unpaired) electrons. The Morgan fingerprint density at radius 3 is 2.17 bits per heavy atom. The predicted molar refractivity (Wildman–Crippen MR) is 81.1 cm³/mol. The Bertz CT molecular complexity index is 588. The zero-order valence-corrected chi connectivity index (χ0v) is 13.5. The van der Waals surface area contributed by atoms with E-state index < -0.39 is 0 Å². The first-order chi connectivity index (χ1) is 8.40. The second-order valence-corrected chi connectivity index (χ2v) is 6.84. The Balaban J connectivity index is 2.52. The van der Waals surface area contributed by atoms with E-state index in [1.165, 1.54) is 16.9 Å². The molecule has 0 aliphatic heterocycles. The smallest absolute Gasteiger partial charge is 0.203 e. The minimum atomic E-state index is 0.0441. The number of benzene rings is 1. The summed E-state index contributed by atoms with van der Waals surface area (Å²) in [5.41, 5.74) is 3.98. The molecule has 2 aromatic rings. The lowest BCUT2D eigenvalue weighted by Crippen LogP contribution is -2.05. The Kier molecular flexibility index (Phi) is 3.95. The van der Waals surface area contributed by atoms with Gasteiger partial charge in [0, 0.05) is 10.0 Å². The van der Waals surface area contributed by atoms with Crippen LogP contribution in [0.2, 0.25) is 4.34 Å². The molecule has 0 saturated heterocycles. The van der Waals surface area contributed by atoms with E-state index in [0.29, 0.717) is 9.21 Å². The van der Waals surface area contributed by atoms with E-state index in [2.05, 4.69) is 15.9 Å². The molecule has 0 aliphatic carbocycles. The third-order valence-electron chi connectivity index (χ3n) is 2.77. The Morgan fingerprint density at radius 1 is 1.17 bits per heavy atom. The van der Waals surface area contributed by atoms with E-state index in [1.54, 1.807) is 6.07 Å². The molecule has 1 aromatic carbocycles. The molecule has 0 aliphatic rings. The molecule has 0 N–H and O–H groups in total. The van der Waals surface area contributed by atoms with Crippen molar-refractivity contribution in [3.05, 3.63) is 54.1 Å². The number of carbonyl (C=O) groups excluding carboxylic acids is 1. The van der Waals surface area contributed by atoms with E-state index in [-0.39, 0.29) is 5.78 Å². The molecule has 0 spiro atoms. The summed E-state index contributed by atoms with van der Waals surface area (Å²) in [6.07, 6.45) is 0. The van der Waals surface area contributed by atoms with E-state index >= 15 is 0 Å². The van der Waals surface area contributed by atoms with Gasteiger partial charge in [-0.15, -0.1) is 11.3 Å². The van der Waals surface area contributed by atoms with Crippen LogP contribution in [0.4, 0.5) is 0 Å². The molecule has 1 aromatic heterocycles. The molecule has 94 valence electrons. The quantitative estimate of drug-likeness (QED) is 0.674. The molecular weight excluding hydrogens is 332 g/mol. The zero-order chi connectivity index (χ0) is 13.4. The number of carbonyl (C=O) groups is 1. The second kappa shape index (κ2) is 5.16. The van der Waals surface area contributed by atoms with Gasteiger partial charge >= 0.3 is 0 Å². The Hall–Kier alpha value is -0.640. The maximum Gasteiger partial charge on any atom is 0.203 e. The average Bonchev–Trinajstić information content (AvgIpc) is 2.57. The van der Waals surface area contributed by atoms with Gasteiger partial charge in [0.15, 0.2) is 0 Å². The van der Waals surface area contributed by atoms with Crippen LogP contribution in [0.25, 0.3) is 0 Å². The van der Waals surface area contributed by atoms with Gasteiger partial charge in [0.1, 0.15) is 4.34 Å². The van der Waals surface area contributed by atoms with Crippen LogP contribution in [0.3, 0.4) is 0 Å². The largest absolute Gasteiger partial charge is 0.288 e. The van der Waals surface area contributed by atoms with Crippen molar-refractivity contribution in [2.75, 3.05) is 0 Å². The molecule has 1 nitrogen and oxygen atoms in total. The van der Waals surface area contributed by atoms with Crippen LogP contribution in [0.1, 0.15) is 31.9 Å². The molecule has 0 unspecified atom stereocenters. The fourth-order valence-corrected chi connectivity index (χ4v) is 3.77. The summed E-state index contributed by atoms with van der Waals surface area (Å²) in [5.74, 6) is 0.0441. The van der Waals surface area contributed by atoms with Crippen LogP contribution in [-0.2, 0) is 0 Å². The first kappa shape index (κ1) is 13.8. The summed E-state index contributed by atoms with van der Waals surface area (Å²) in [5, 5.41) is 0. The van der Waals surface area contributed by atoms with E-state index in [0.717, 1.165) is 21.2 Å². The number of rotatable bonds is 2. The first-order valence-electron chi connectivity index (χ1n) is 5.47. The van der Waals surface area contributed by atoms with Crippen molar-refractivity contribution in [3.8, 4) is 0 Å². The van der Waals surface area contributed by atoms with Gasteiger partial charge in [-0.1, -0.05) is 29.3 Å². The lowest BCUT2D eigenvalue weighted by atomic mass is 9.96. The van der Waals surface area contributed by atoms with Gasteiger partial charge in [0.05, 0.1) is 4.88 Å². The minimum absolute atomic E-state index is 0.0441. The normalized spacial score (nSPS) is 10.7. The van der Waals surface area contributed by atoms with Crippen LogP contribution in [-0.4, -0.2) is 5.78 Å². The molecule has 0 amide bonds. The van der Waals surface area contributed by atoms with Crippen LogP contribution in [0, 0.1) is 20.8 Å². The third kappa shape index (κ3) is 2.53. The van der Waals surface area contributed by atoms with Crippen molar-refractivity contribution in [2.45, 2.75) is 20.8 Å². The molecule has 0 atom stereocenters. The number of ketones is 1. The van der Waals surface area contributed by atoms with Crippen LogP contribution in [0.5, 0.6) is 0 Å². The van der Waals surface area contributed by atoms with E-state index in [1.807, 2.05) is 32.9 Å². The number of halogens is 2. The van der Waals surface area contributed by atoms with Gasteiger partial charge in [0.25, 0.3) is 0 Å². The standard InChI is InChI=1S/C14H12BrClOS/c1-7-4-8(2)12(9(3)5-7)13(17)11-6-10(15)14(16)18-11/h4-6H,1-3H3. The van der Waals surface area contributed by atoms with Crippen LogP contribution < -0.4 is 0 Å². The third-order valence-corrected chi connectivity index (χ3v) is 5.25. The SMILES string of the molecule is Cc1cc(C)c(C(=O)c2cc(Br)c(Cl)s2)c(C)c1. The summed E-state index contributed by atoms with van der Waals surface area (Å²) < 4.78 is 1.39. The van der Waals surface area contributed by atoms with Crippen molar-refractivity contribution in [1.82, 2.24) is 0 Å². The summed E-state index contributed by atoms with van der Waals surface area (Å²) in [4.78, 5) is 13.2. The monoisotopic (exact) mass is 342 g/mol. The molecule has 0 bridgehead atoms. The molecule has 2 rings (SSSR count). The maximum absolute atomic E-state index is 12.5. The minimum Gasteiger partial charge on any atom is -0.288 e. The highest BCUT2D eigenvalue weighted by Crippen LogP contribution is 2.34. The van der Waals surface area contributed by atoms with Crippen molar-refractivity contribution >= 4 is 44.7 Å². The van der Waals surface area contributed by atoms with Crippen molar-refractivity contribution in [3.63, 3.8) is 0 Å². The lowest BCUT2D eigenvalue weighted by molar-refractivity contribution is 0.104. The zero-order valence-electron chi connectivity index (χ0n) is 10.3. The van der Waals surface area contributed by atoms with E-state index in [9.17, 15) is 4.79 Å². The van der Waals surface area contributed by atoms with Gasteiger partial charge in [-0.05, 0) is 53.9 Å². The molecular formula is C14H12BrClOS. The molecule has 0 fully saturated rings. The van der Waals surface area contributed by atoms with Crippen molar-refractivity contribution in [1.29, 1.82) is 0 Å². The fraction of sp³-hybridized carbons (Fsp3) is 0.214. The summed E-state index contributed by atoms with van der Waals surface area (Å²) in [7, 11) is 0. The number of aryl methyl sites for hydroxylation is 3. The maximum atomic E-state index is 12.5. The Labute approximate surface area is 124 Å². The van der Waals surface area contributed by atoms with Gasteiger partial charge in [-0.25, -0.2) is 0 Å². The molecule has 4 heteroatoms. The molecule has 18 heavy (non-hydrogen) atoms. The van der Waals surface area contributed by atoms with Crippen molar-refractivity contribution < 1.29 is 4.79 Å². The average molecular weight is 344 g/mol. The number of hydrogen-bond acceptors (Lipinski definition) is 2. The highest BCUT2D eigenvalue weighted by molar-refractivity contribution is 9.10. The summed E-state index contributed by atoms with van der Waals surface area (Å²) in [6.45, 7) is 5.97.